The van der Waals surface area contributed by atoms with Crippen molar-refractivity contribution in [2.75, 3.05) is 13.2 Å². The Morgan fingerprint density at radius 3 is 2.61 bits per heavy atom. The highest BCUT2D eigenvalue weighted by Crippen LogP contribution is 2.25. The van der Waals surface area contributed by atoms with E-state index in [2.05, 4.69) is 0 Å². The summed E-state index contributed by atoms with van der Waals surface area (Å²) in [5.41, 5.74) is 6.44. The van der Waals surface area contributed by atoms with Crippen molar-refractivity contribution in [2.45, 2.75) is 32.6 Å². The van der Waals surface area contributed by atoms with Crippen LogP contribution in [0.15, 0.2) is 18.2 Å². The van der Waals surface area contributed by atoms with Crippen LogP contribution in [-0.2, 0) is 11.3 Å². The molecule has 0 saturated carbocycles. The van der Waals surface area contributed by atoms with Crippen molar-refractivity contribution in [3.8, 4) is 5.75 Å². The first kappa shape index (κ1) is 15.2. The second-order valence-corrected chi connectivity index (χ2v) is 4.72. The van der Waals surface area contributed by atoms with Gasteiger partial charge < -0.3 is 20.3 Å². The normalized spacial score (nSPS) is 12.8. The molecule has 1 atom stereocenters. The van der Waals surface area contributed by atoms with Crippen molar-refractivity contribution < 1.29 is 14.6 Å². The molecule has 5 heteroatoms. The number of hydrogen-bond donors (Lipinski definition) is 2. The maximum atomic E-state index is 9.64. The molecule has 0 heterocycles. The lowest BCUT2D eigenvalue weighted by Gasteiger charge is -2.15. The molecule has 1 unspecified atom stereocenters. The Kier molecular flexibility index (Phi) is 6.43. The van der Waals surface area contributed by atoms with Gasteiger partial charge in [-0.25, -0.2) is 0 Å². The average molecular weight is 274 g/mol. The summed E-state index contributed by atoms with van der Waals surface area (Å²) in [6, 6.07) is 5.35. The van der Waals surface area contributed by atoms with E-state index in [1.54, 1.807) is 12.1 Å². The number of aliphatic hydroxyl groups excluding tert-OH is 1. The fourth-order valence-electron chi connectivity index (χ4n) is 1.33. The van der Waals surface area contributed by atoms with Gasteiger partial charge in [-0.05, 0) is 31.5 Å². The molecule has 0 spiro atoms. The lowest BCUT2D eigenvalue weighted by molar-refractivity contribution is -0.0122. The second-order valence-electron chi connectivity index (χ2n) is 4.32. The van der Waals surface area contributed by atoms with Crippen LogP contribution < -0.4 is 10.5 Å². The molecule has 0 saturated heterocycles. The van der Waals surface area contributed by atoms with Crippen molar-refractivity contribution >= 4 is 11.6 Å². The smallest absolute Gasteiger partial charge is 0.138 e. The van der Waals surface area contributed by atoms with Gasteiger partial charge in [-0.1, -0.05) is 17.7 Å². The van der Waals surface area contributed by atoms with Crippen LogP contribution in [0.25, 0.3) is 0 Å². The standard InChI is InChI=1S/C13H20ClNO3/c1-9(2)17-7-11(16)8-18-13-4-3-10(6-15)5-12(13)14/h3-5,9,11,16H,6-8,15H2,1-2H3. The van der Waals surface area contributed by atoms with Crippen molar-refractivity contribution in [1.82, 2.24) is 0 Å². The minimum atomic E-state index is -0.669. The molecular formula is C13H20ClNO3. The third kappa shape index (κ3) is 5.23. The van der Waals surface area contributed by atoms with Crippen molar-refractivity contribution in [3.05, 3.63) is 28.8 Å². The molecule has 0 aliphatic rings. The zero-order chi connectivity index (χ0) is 13.5. The van der Waals surface area contributed by atoms with Crippen LogP contribution in [0.2, 0.25) is 5.02 Å². The summed E-state index contributed by atoms with van der Waals surface area (Å²) in [5, 5.41) is 10.1. The lowest BCUT2D eigenvalue weighted by atomic mass is 10.2. The summed E-state index contributed by atoms with van der Waals surface area (Å²) in [4.78, 5) is 0. The first-order valence-corrected chi connectivity index (χ1v) is 6.31. The van der Waals surface area contributed by atoms with Crippen molar-refractivity contribution in [2.24, 2.45) is 5.73 Å². The van der Waals surface area contributed by atoms with Crippen LogP contribution in [0.5, 0.6) is 5.75 Å². The summed E-state index contributed by atoms with van der Waals surface area (Å²) < 4.78 is 10.7. The Bertz CT molecular complexity index is 371. The highest BCUT2D eigenvalue weighted by Gasteiger charge is 2.09. The number of aliphatic hydroxyl groups is 1. The molecule has 0 aliphatic carbocycles. The van der Waals surface area contributed by atoms with E-state index in [1.807, 2.05) is 19.9 Å². The lowest BCUT2D eigenvalue weighted by Crippen LogP contribution is -2.25. The minimum Gasteiger partial charge on any atom is -0.489 e. The van der Waals surface area contributed by atoms with Crippen molar-refractivity contribution in [1.29, 1.82) is 0 Å². The molecule has 0 radical (unpaired) electrons. The van der Waals surface area contributed by atoms with Gasteiger partial charge in [0.1, 0.15) is 18.5 Å². The largest absolute Gasteiger partial charge is 0.489 e. The van der Waals surface area contributed by atoms with E-state index in [-0.39, 0.29) is 19.3 Å². The second kappa shape index (κ2) is 7.59. The maximum absolute atomic E-state index is 9.64. The molecule has 1 aromatic rings. The quantitative estimate of drug-likeness (QED) is 0.797. The van der Waals surface area contributed by atoms with Crippen LogP contribution in [0.3, 0.4) is 0 Å². The molecule has 18 heavy (non-hydrogen) atoms. The molecule has 0 amide bonds. The van der Waals surface area contributed by atoms with Gasteiger partial charge in [0.25, 0.3) is 0 Å². The first-order valence-electron chi connectivity index (χ1n) is 5.94. The van der Waals surface area contributed by atoms with Crippen LogP contribution >= 0.6 is 11.6 Å². The zero-order valence-corrected chi connectivity index (χ0v) is 11.5. The van der Waals surface area contributed by atoms with Crippen LogP contribution in [0.4, 0.5) is 0 Å². The summed E-state index contributed by atoms with van der Waals surface area (Å²) in [7, 11) is 0. The highest BCUT2D eigenvalue weighted by atomic mass is 35.5. The van der Waals surface area contributed by atoms with Gasteiger partial charge in [0.15, 0.2) is 0 Å². The highest BCUT2D eigenvalue weighted by molar-refractivity contribution is 6.32. The van der Waals surface area contributed by atoms with Gasteiger partial charge in [-0.2, -0.15) is 0 Å². The van der Waals surface area contributed by atoms with E-state index in [0.717, 1.165) is 5.56 Å². The Morgan fingerprint density at radius 2 is 2.06 bits per heavy atom. The average Bonchev–Trinajstić information content (AvgIpc) is 2.34. The molecule has 1 aromatic carbocycles. The number of rotatable bonds is 7. The van der Waals surface area contributed by atoms with E-state index in [4.69, 9.17) is 26.8 Å². The fraction of sp³-hybridized carbons (Fsp3) is 0.538. The van der Waals surface area contributed by atoms with E-state index >= 15 is 0 Å². The number of hydrogen-bond acceptors (Lipinski definition) is 4. The van der Waals surface area contributed by atoms with E-state index in [9.17, 15) is 5.11 Å². The molecule has 1 rings (SSSR count). The molecular weight excluding hydrogens is 254 g/mol. The number of ether oxygens (including phenoxy) is 2. The monoisotopic (exact) mass is 273 g/mol. The summed E-state index contributed by atoms with van der Waals surface area (Å²) >= 11 is 6.03. The van der Waals surface area contributed by atoms with Gasteiger partial charge in [0.2, 0.25) is 0 Å². The number of nitrogens with two attached hydrogens (primary N) is 1. The predicted octanol–water partition coefficient (Wildman–Crippen LogP) is 1.96. The SMILES string of the molecule is CC(C)OCC(O)COc1ccc(CN)cc1Cl. The Labute approximate surface area is 113 Å². The third-order valence-corrected chi connectivity index (χ3v) is 2.58. The third-order valence-electron chi connectivity index (χ3n) is 2.29. The minimum absolute atomic E-state index is 0.0899. The fourth-order valence-corrected chi connectivity index (χ4v) is 1.58. The Hall–Kier alpha value is -0.810. The zero-order valence-electron chi connectivity index (χ0n) is 10.7. The van der Waals surface area contributed by atoms with Crippen LogP contribution in [0, 0.1) is 0 Å². The van der Waals surface area contributed by atoms with E-state index in [1.165, 1.54) is 0 Å². The van der Waals surface area contributed by atoms with Crippen LogP contribution in [-0.4, -0.2) is 30.5 Å². The van der Waals surface area contributed by atoms with Gasteiger partial charge in [0.05, 0.1) is 17.7 Å². The van der Waals surface area contributed by atoms with Gasteiger partial charge in [-0.3, -0.25) is 0 Å². The van der Waals surface area contributed by atoms with Crippen molar-refractivity contribution in [3.63, 3.8) is 0 Å². The summed E-state index contributed by atoms with van der Waals surface area (Å²) in [5.74, 6) is 0.539. The molecule has 4 nitrogen and oxygen atoms in total. The van der Waals surface area contributed by atoms with Crippen LogP contribution in [0.1, 0.15) is 19.4 Å². The maximum Gasteiger partial charge on any atom is 0.138 e. The number of halogens is 1. The van der Waals surface area contributed by atoms with Gasteiger partial charge >= 0.3 is 0 Å². The molecule has 102 valence electrons. The van der Waals surface area contributed by atoms with Gasteiger partial charge in [0, 0.05) is 6.54 Å². The first-order chi connectivity index (χ1) is 8.52. The summed E-state index contributed by atoms with van der Waals surface area (Å²) in [6.07, 6.45) is -0.579. The molecule has 0 aromatic heterocycles. The Morgan fingerprint density at radius 1 is 1.33 bits per heavy atom. The van der Waals surface area contributed by atoms with Gasteiger partial charge in [-0.15, -0.1) is 0 Å². The molecule has 0 fully saturated rings. The molecule has 0 bridgehead atoms. The topological polar surface area (TPSA) is 64.7 Å². The number of benzene rings is 1. The molecule has 0 aliphatic heterocycles. The predicted molar refractivity (Wildman–Crippen MR) is 71.9 cm³/mol. The molecule has 3 N–H and O–H groups in total. The van der Waals surface area contributed by atoms with E-state index < -0.39 is 6.10 Å². The van der Waals surface area contributed by atoms with E-state index in [0.29, 0.717) is 17.3 Å². The Balaban J connectivity index is 2.43. The summed E-state index contributed by atoms with van der Waals surface area (Å²) in [6.45, 7) is 4.65.